The smallest absolute Gasteiger partial charge is 0.338 e. The van der Waals surface area contributed by atoms with Crippen molar-refractivity contribution >= 4 is 17.6 Å². The molecule has 4 heteroatoms. The number of carbonyl (C=O) groups is 1. The van der Waals surface area contributed by atoms with E-state index in [-0.39, 0.29) is 11.4 Å². The third kappa shape index (κ3) is 4.28. The molecule has 26 heavy (non-hydrogen) atoms. The van der Waals surface area contributed by atoms with E-state index in [0.29, 0.717) is 29.8 Å². The molecule has 0 spiro atoms. The van der Waals surface area contributed by atoms with E-state index in [1.807, 2.05) is 49.4 Å². The van der Waals surface area contributed by atoms with Crippen molar-refractivity contribution in [2.24, 2.45) is 17.3 Å². The van der Waals surface area contributed by atoms with Crippen molar-refractivity contribution in [3.8, 4) is 11.5 Å². The van der Waals surface area contributed by atoms with E-state index in [4.69, 9.17) is 21.1 Å². The summed E-state index contributed by atoms with van der Waals surface area (Å²) in [4.78, 5) is 12.4. The Kier molecular flexibility index (Phi) is 5.38. The number of ether oxygens (including phenoxy) is 2. The molecule has 0 N–H and O–H groups in total. The van der Waals surface area contributed by atoms with Gasteiger partial charge in [-0.25, -0.2) is 4.79 Å². The van der Waals surface area contributed by atoms with Crippen molar-refractivity contribution in [3.63, 3.8) is 0 Å². The van der Waals surface area contributed by atoms with Crippen LogP contribution in [0.4, 0.5) is 0 Å². The van der Waals surface area contributed by atoms with E-state index in [2.05, 4.69) is 13.8 Å². The first-order valence-electron chi connectivity index (χ1n) is 8.72. The van der Waals surface area contributed by atoms with Crippen LogP contribution in [0.25, 0.3) is 0 Å². The number of esters is 1. The monoisotopic (exact) mass is 370 g/mol. The minimum atomic E-state index is -0.337. The van der Waals surface area contributed by atoms with Crippen LogP contribution in [0.2, 0.25) is 0 Å². The lowest BCUT2D eigenvalue weighted by Crippen LogP contribution is -2.09. The largest absolute Gasteiger partial charge is 0.462 e. The Labute approximate surface area is 159 Å². The molecule has 3 nitrogen and oxygen atoms in total. The molecule has 1 saturated carbocycles. The summed E-state index contributed by atoms with van der Waals surface area (Å²) < 4.78 is 11.3. The predicted molar refractivity (Wildman–Crippen MR) is 104 cm³/mol. The molecule has 2 aromatic rings. The molecule has 0 bridgehead atoms. The minimum absolute atomic E-state index is 0.106. The van der Waals surface area contributed by atoms with Gasteiger partial charge in [0.2, 0.25) is 0 Å². The molecule has 2 aromatic carbocycles. The van der Waals surface area contributed by atoms with Crippen LogP contribution in [-0.2, 0) is 4.74 Å². The van der Waals surface area contributed by atoms with Crippen LogP contribution in [0.1, 0.15) is 31.1 Å². The van der Waals surface area contributed by atoms with E-state index in [1.165, 1.54) is 0 Å². The van der Waals surface area contributed by atoms with Crippen molar-refractivity contribution in [3.05, 3.63) is 71.3 Å². The number of benzene rings is 2. The predicted octanol–water partition coefficient (Wildman–Crippen LogP) is 6.05. The fraction of sp³-hybridized carbons (Fsp3) is 0.318. The maximum Gasteiger partial charge on any atom is 0.338 e. The summed E-state index contributed by atoms with van der Waals surface area (Å²) in [5, 5.41) is 0.780. The molecular formula is C22H23ClO3. The molecule has 1 aliphatic rings. The number of carbonyl (C=O) groups excluding carboxylic acids is 1. The highest BCUT2D eigenvalue weighted by atomic mass is 35.5. The fourth-order valence-corrected chi connectivity index (χ4v) is 3.38. The molecule has 0 aromatic heterocycles. The first-order valence-corrected chi connectivity index (χ1v) is 9.10. The molecular weight excluding hydrogens is 348 g/mol. The summed E-state index contributed by atoms with van der Waals surface area (Å²) >= 11 is 5.99. The fourth-order valence-electron chi connectivity index (χ4n) is 3.24. The molecule has 0 saturated heterocycles. The molecule has 2 atom stereocenters. The summed E-state index contributed by atoms with van der Waals surface area (Å²) in [6.07, 6.45) is 2.05. The van der Waals surface area contributed by atoms with Gasteiger partial charge in [0.05, 0.1) is 12.2 Å². The van der Waals surface area contributed by atoms with Crippen LogP contribution in [-0.4, -0.2) is 12.6 Å². The van der Waals surface area contributed by atoms with E-state index < -0.39 is 0 Å². The van der Waals surface area contributed by atoms with Crippen LogP contribution in [0.5, 0.6) is 11.5 Å². The second-order valence-corrected chi connectivity index (χ2v) is 7.84. The van der Waals surface area contributed by atoms with Crippen LogP contribution in [0, 0.1) is 17.3 Å². The average Bonchev–Trinajstić information content (AvgIpc) is 3.12. The zero-order valence-electron chi connectivity index (χ0n) is 15.2. The number of allylic oxidation sites excluding steroid dienone is 2. The zero-order chi connectivity index (χ0) is 18.7. The maximum atomic E-state index is 12.4. The van der Waals surface area contributed by atoms with Gasteiger partial charge in [-0.05, 0) is 48.6 Å². The molecule has 0 amide bonds. The highest BCUT2D eigenvalue weighted by Crippen LogP contribution is 2.59. The van der Waals surface area contributed by atoms with Crippen molar-refractivity contribution in [1.29, 1.82) is 0 Å². The third-order valence-corrected chi connectivity index (χ3v) is 5.12. The molecule has 0 radical (unpaired) electrons. The lowest BCUT2D eigenvalue weighted by Gasteiger charge is -2.08. The van der Waals surface area contributed by atoms with Crippen LogP contribution < -0.4 is 4.74 Å². The molecule has 0 heterocycles. The minimum Gasteiger partial charge on any atom is -0.462 e. The Morgan fingerprint density at radius 1 is 1.12 bits per heavy atom. The second kappa shape index (κ2) is 7.55. The number of rotatable bonds is 6. The third-order valence-electron chi connectivity index (χ3n) is 4.99. The van der Waals surface area contributed by atoms with Gasteiger partial charge in [0.1, 0.15) is 11.5 Å². The summed E-state index contributed by atoms with van der Waals surface area (Å²) in [5.74, 6) is 1.64. The van der Waals surface area contributed by atoms with Gasteiger partial charge in [0.25, 0.3) is 0 Å². The Morgan fingerprint density at radius 2 is 1.81 bits per heavy atom. The normalized spacial score (nSPS) is 21.2. The maximum absolute atomic E-state index is 12.4. The number of halogens is 1. The van der Waals surface area contributed by atoms with E-state index >= 15 is 0 Å². The Morgan fingerprint density at radius 3 is 2.50 bits per heavy atom. The Bertz CT molecular complexity index is 807. The van der Waals surface area contributed by atoms with E-state index in [0.717, 1.165) is 10.8 Å². The van der Waals surface area contributed by atoms with Gasteiger partial charge < -0.3 is 9.47 Å². The SMILES string of the molecule is C/C(Cl)=C/C1C(COC(=O)c2cccc(Oc3ccccc3)c2)C1(C)C. The lowest BCUT2D eigenvalue weighted by molar-refractivity contribution is 0.0471. The lowest BCUT2D eigenvalue weighted by atomic mass is 10.1. The van der Waals surface area contributed by atoms with Gasteiger partial charge >= 0.3 is 5.97 Å². The van der Waals surface area contributed by atoms with Gasteiger partial charge in [-0.3, -0.25) is 0 Å². The molecule has 3 rings (SSSR count). The van der Waals surface area contributed by atoms with Gasteiger partial charge in [-0.1, -0.05) is 55.8 Å². The number of para-hydroxylation sites is 1. The summed E-state index contributed by atoms with van der Waals surface area (Å²) in [7, 11) is 0. The van der Waals surface area contributed by atoms with E-state index in [9.17, 15) is 4.79 Å². The molecule has 1 fully saturated rings. The second-order valence-electron chi connectivity index (χ2n) is 7.25. The van der Waals surface area contributed by atoms with Crippen LogP contribution in [0.15, 0.2) is 65.7 Å². The van der Waals surface area contributed by atoms with Crippen molar-refractivity contribution in [2.45, 2.75) is 20.8 Å². The quantitative estimate of drug-likeness (QED) is 0.580. The van der Waals surface area contributed by atoms with Gasteiger partial charge in [-0.15, -0.1) is 0 Å². The first-order chi connectivity index (χ1) is 12.4. The summed E-state index contributed by atoms with van der Waals surface area (Å²) in [5.41, 5.74) is 0.590. The van der Waals surface area contributed by atoms with Crippen LogP contribution in [0.3, 0.4) is 0 Å². The molecule has 136 valence electrons. The van der Waals surface area contributed by atoms with Crippen molar-refractivity contribution in [2.75, 3.05) is 6.61 Å². The summed E-state index contributed by atoms with van der Waals surface area (Å²) in [6, 6.07) is 16.5. The molecule has 2 unspecified atom stereocenters. The van der Waals surface area contributed by atoms with E-state index in [1.54, 1.807) is 18.2 Å². The van der Waals surface area contributed by atoms with Crippen molar-refractivity contribution < 1.29 is 14.3 Å². The Hall–Kier alpha value is -2.26. The van der Waals surface area contributed by atoms with Gasteiger partial charge in [0, 0.05) is 11.0 Å². The van der Waals surface area contributed by atoms with Crippen molar-refractivity contribution in [1.82, 2.24) is 0 Å². The number of hydrogen-bond donors (Lipinski definition) is 0. The Balaban J connectivity index is 1.60. The van der Waals surface area contributed by atoms with Crippen LogP contribution >= 0.6 is 11.6 Å². The van der Waals surface area contributed by atoms with Gasteiger partial charge in [0.15, 0.2) is 0 Å². The topological polar surface area (TPSA) is 35.5 Å². The number of hydrogen-bond acceptors (Lipinski definition) is 3. The van der Waals surface area contributed by atoms with Gasteiger partial charge in [-0.2, -0.15) is 0 Å². The highest BCUT2D eigenvalue weighted by molar-refractivity contribution is 6.29. The summed E-state index contributed by atoms with van der Waals surface area (Å²) in [6.45, 7) is 6.60. The standard InChI is InChI=1S/C22H23ClO3/c1-15(23)12-19-20(22(19,2)3)14-25-21(24)16-8-7-11-18(13-16)26-17-9-5-4-6-10-17/h4-13,19-20H,14H2,1-3H3/b15-12-. The highest BCUT2D eigenvalue weighted by Gasteiger charge is 2.56. The first kappa shape index (κ1) is 18.5. The average molecular weight is 371 g/mol. The molecule has 1 aliphatic carbocycles. The molecule has 0 aliphatic heterocycles. The zero-order valence-corrected chi connectivity index (χ0v) is 16.0.